The summed E-state index contributed by atoms with van der Waals surface area (Å²) in [5.74, 6) is -2.88. The van der Waals surface area contributed by atoms with Crippen molar-refractivity contribution in [1.82, 2.24) is 19.2 Å². The first-order chi connectivity index (χ1) is 19.3. The molecule has 2 aromatic heterocycles. The number of carboxylic acid groups (broad SMARTS) is 1. The van der Waals surface area contributed by atoms with Gasteiger partial charge in [0.1, 0.15) is 5.01 Å². The van der Waals surface area contributed by atoms with Gasteiger partial charge in [-0.1, -0.05) is 0 Å². The molecule has 2 aliphatic rings. The number of amides is 1. The highest BCUT2D eigenvalue weighted by molar-refractivity contribution is 7.89. The maximum absolute atomic E-state index is 12.3. The van der Waals surface area contributed by atoms with Crippen LogP contribution in [0.25, 0.3) is 21.5 Å². The van der Waals surface area contributed by atoms with E-state index in [2.05, 4.69) is 21.3 Å². The standard InChI is InChI=1S/C24H31N5O3S2.C2HF3O2/c1-2-34(31,32)29-9-5-16(6-10-29)21-13-26-22-19(21)11-17(12-20(22)23(25)30)24-27-18(15-33-24)14-28-7-3-4-8-28;3-2(4,5)1(6)7/h11-13,15-16,26H,2-10,14H2,1H3,(H2,25,30);(H,6,7). The first-order valence-electron chi connectivity index (χ1n) is 13.2. The topological polar surface area (TPSA) is 150 Å². The molecule has 3 aromatic rings. The van der Waals surface area contributed by atoms with E-state index in [0.717, 1.165) is 65.2 Å². The number of primary amides is 1. The van der Waals surface area contributed by atoms with E-state index in [1.165, 1.54) is 12.8 Å². The predicted molar refractivity (Wildman–Crippen MR) is 149 cm³/mol. The van der Waals surface area contributed by atoms with Gasteiger partial charge in [-0.2, -0.15) is 13.2 Å². The van der Waals surface area contributed by atoms with Gasteiger partial charge in [-0.05, 0) is 69.3 Å². The maximum atomic E-state index is 12.3. The number of benzene rings is 1. The number of H-pyrrole nitrogens is 1. The number of alkyl halides is 3. The highest BCUT2D eigenvalue weighted by Crippen LogP contribution is 2.38. The molecule has 10 nitrogen and oxygen atoms in total. The van der Waals surface area contributed by atoms with Gasteiger partial charge >= 0.3 is 12.1 Å². The van der Waals surface area contributed by atoms with Crippen LogP contribution in [0.2, 0.25) is 0 Å². The third kappa shape index (κ3) is 7.26. The van der Waals surface area contributed by atoms with Crippen LogP contribution in [0.5, 0.6) is 0 Å². The third-order valence-corrected chi connectivity index (χ3v) is 10.2. The minimum atomic E-state index is -5.08. The van der Waals surface area contributed by atoms with Gasteiger partial charge in [-0.25, -0.2) is 22.5 Å². The lowest BCUT2D eigenvalue weighted by Crippen LogP contribution is -2.38. The zero-order valence-electron chi connectivity index (χ0n) is 22.4. The molecule has 224 valence electrons. The van der Waals surface area contributed by atoms with Crippen LogP contribution in [0.1, 0.15) is 60.1 Å². The van der Waals surface area contributed by atoms with Crippen molar-refractivity contribution in [3.05, 3.63) is 40.5 Å². The van der Waals surface area contributed by atoms with Crippen LogP contribution in [0.4, 0.5) is 13.2 Å². The SMILES string of the molecule is CCS(=O)(=O)N1CCC(c2c[nH]c3c(C(N)=O)cc(-c4nc(CN5CCCC5)cs4)cc23)CC1.O=C(O)C(F)(F)F. The number of carbonyl (C=O) groups excluding carboxylic acids is 1. The number of nitrogens with two attached hydrogens (primary N) is 1. The van der Waals surface area contributed by atoms with Gasteiger partial charge in [-0.3, -0.25) is 9.69 Å². The number of thiazole rings is 1. The zero-order chi connectivity index (χ0) is 29.9. The minimum absolute atomic E-state index is 0.129. The molecule has 5 rings (SSSR count). The first-order valence-corrected chi connectivity index (χ1v) is 15.7. The molecule has 1 amide bonds. The molecule has 4 heterocycles. The first kappa shape index (κ1) is 30.9. The summed E-state index contributed by atoms with van der Waals surface area (Å²) in [5, 5.41) is 11.1. The lowest BCUT2D eigenvalue weighted by Gasteiger charge is -2.31. The third-order valence-electron chi connectivity index (χ3n) is 7.36. The number of nitrogens with one attached hydrogen (secondary N) is 1. The Morgan fingerprint density at radius 2 is 1.80 bits per heavy atom. The molecular weight excluding hydrogens is 583 g/mol. The summed E-state index contributed by atoms with van der Waals surface area (Å²) in [7, 11) is -3.17. The normalized spacial score (nSPS) is 17.5. The van der Waals surface area contributed by atoms with Crippen LogP contribution in [0.15, 0.2) is 23.7 Å². The van der Waals surface area contributed by atoms with Crippen LogP contribution in [-0.4, -0.2) is 82.7 Å². The Bertz CT molecular complexity index is 1510. The van der Waals surface area contributed by atoms with Gasteiger partial charge in [0.2, 0.25) is 10.0 Å². The molecule has 0 radical (unpaired) electrons. The predicted octanol–water partition coefficient (Wildman–Crippen LogP) is 4.15. The van der Waals surface area contributed by atoms with Gasteiger partial charge in [0, 0.05) is 42.2 Å². The van der Waals surface area contributed by atoms with Crippen molar-refractivity contribution in [2.45, 2.75) is 51.2 Å². The number of aliphatic carboxylic acids is 1. The number of piperidine rings is 1. The van der Waals surface area contributed by atoms with Crippen molar-refractivity contribution in [3.63, 3.8) is 0 Å². The van der Waals surface area contributed by atoms with E-state index in [0.29, 0.717) is 18.7 Å². The molecule has 0 spiro atoms. The summed E-state index contributed by atoms with van der Waals surface area (Å²) in [6.07, 6.45) is 0.861. The van der Waals surface area contributed by atoms with Crippen molar-refractivity contribution in [2.75, 3.05) is 31.9 Å². The van der Waals surface area contributed by atoms with Crippen molar-refractivity contribution in [2.24, 2.45) is 5.73 Å². The van der Waals surface area contributed by atoms with Crippen molar-refractivity contribution in [1.29, 1.82) is 0 Å². The summed E-state index contributed by atoms with van der Waals surface area (Å²) in [4.78, 5) is 31.8. The molecule has 0 saturated carbocycles. The number of sulfonamides is 1. The van der Waals surface area contributed by atoms with Gasteiger partial charge < -0.3 is 15.8 Å². The molecule has 2 fully saturated rings. The summed E-state index contributed by atoms with van der Waals surface area (Å²) >= 11 is 1.59. The fourth-order valence-electron chi connectivity index (χ4n) is 5.22. The lowest BCUT2D eigenvalue weighted by atomic mass is 9.89. The van der Waals surface area contributed by atoms with Crippen LogP contribution < -0.4 is 5.73 Å². The maximum Gasteiger partial charge on any atom is 0.490 e. The highest BCUT2D eigenvalue weighted by atomic mass is 32.2. The molecule has 15 heteroatoms. The number of aromatic nitrogens is 2. The Balaban J connectivity index is 0.000000493. The molecule has 41 heavy (non-hydrogen) atoms. The number of fused-ring (bicyclic) bond motifs is 1. The van der Waals surface area contributed by atoms with Gasteiger partial charge in [0.05, 0.1) is 22.5 Å². The Morgan fingerprint density at radius 1 is 1.17 bits per heavy atom. The number of hydrogen-bond acceptors (Lipinski definition) is 7. The van der Waals surface area contributed by atoms with Crippen LogP contribution in [0, 0.1) is 0 Å². The average molecular weight is 616 g/mol. The monoisotopic (exact) mass is 615 g/mol. The minimum Gasteiger partial charge on any atom is -0.475 e. The quantitative estimate of drug-likeness (QED) is 0.362. The second-order valence-electron chi connectivity index (χ2n) is 10.1. The number of halogens is 3. The van der Waals surface area contributed by atoms with E-state index >= 15 is 0 Å². The summed E-state index contributed by atoms with van der Waals surface area (Å²) in [5.41, 5.74) is 10.0. The van der Waals surface area contributed by atoms with Crippen LogP contribution >= 0.6 is 11.3 Å². The largest absolute Gasteiger partial charge is 0.490 e. The average Bonchev–Trinajstić information content (AvgIpc) is 3.70. The number of carbonyl (C=O) groups is 2. The van der Waals surface area contributed by atoms with E-state index in [1.807, 2.05) is 12.3 Å². The Kier molecular flexibility index (Phi) is 9.41. The van der Waals surface area contributed by atoms with Crippen molar-refractivity contribution < 1.29 is 36.3 Å². The fourth-order valence-corrected chi connectivity index (χ4v) is 7.15. The fraction of sp³-hybridized carbons (Fsp3) is 0.500. The van der Waals surface area contributed by atoms with Crippen LogP contribution in [0.3, 0.4) is 0 Å². The summed E-state index contributed by atoms with van der Waals surface area (Å²) in [6.45, 7) is 5.81. The number of aromatic amines is 1. The number of hydrogen-bond donors (Lipinski definition) is 3. The number of nitrogens with zero attached hydrogens (tertiary/aromatic N) is 3. The molecular formula is C26H32F3N5O5S2. The second-order valence-corrected chi connectivity index (χ2v) is 13.2. The molecule has 2 saturated heterocycles. The van der Waals surface area contributed by atoms with Crippen LogP contribution in [-0.2, 0) is 21.4 Å². The van der Waals surface area contributed by atoms with E-state index < -0.39 is 28.1 Å². The molecule has 0 aliphatic carbocycles. The lowest BCUT2D eigenvalue weighted by molar-refractivity contribution is -0.192. The Labute approximate surface area is 239 Å². The zero-order valence-corrected chi connectivity index (χ0v) is 24.0. The van der Waals surface area contributed by atoms with Gasteiger partial charge in [-0.15, -0.1) is 11.3 Å². The van der Waals surface area contributed by atoms with E-state index in [9.17, 15) is 26.4 Å². The molecule has 1 aromatic carbocycles. The van der Waals surface area contributed by atoms with Crippen molar-refractivity contribution in [3.8, 4) is 10.6 Å². The van der Waals surface area contributed by atoms with E-state index in [1.54, 1.807) is 22.6 Å². The van der Waals surface area contributed by atoms with E-state index in [-0.39, 0.29) is 11.7 Å². The van der Waals surface area contributed by atoms with Gasteiger partial charge in [0.25, 0.3) is 5.91 Å². The summed E-state index contributed by atoms with van der Waals surface area (Å²) in [6, 6.07) is 3.93. The molecule has 0 atom stereocenters. The molecule has 4 N–H and O–H groups in total. The second kappa shape index (κ2) is 12.5. The Hall–Kier alpha value is -3.01. The molecule has 2 aliphatic heterocycles. The smallest absolute Gasteiger partial charge is 0.475 e. The highest BCUT2D eigenvalue weighted by Gasteiger charge is 2.38. The summed E-state index contributed by atoms with van der Waals surface area (Å²) < 4.78 is 57.8. The van der Waals surface area contributed by atoms with Crippen molar-refractivity contribution >= 4 is 44.1 Å². The molecule has 0 unspecified atom stereocenters. The Morgan fingerprint density at radius 3 is 2.37 bits per heavy atom. The number of carboxylic acids is 1. The number of likely N-dealkylation sites (tertiary alicyclic amines) is 1. The molecule has 0 bridgehead atoms. The van der Waals surface area contributed by atoms with E-state index in [4.69, 9.17) is 20.6 Å². The van der Waals surface area contributed by atoms with Gasteiger partial charge in [0.15, 0.2) is 0 Å². The number of rotatable bonds is 7.